The number of nitrogens with one attached hydrogen (secondary N) is 1. The predicted molar refractivity (Wildman–Crippen MR) is 132 cm³/mol. The van der Waals surface area contributed by atoms with Crippen LogP contribution in [0, 0.1) is 0 Å². The molecule has 158 valence electrons. The van der Waals surface area contributed by atoms with Crippen LogP contribution in [0.5, 0.6) is 5.75 Å². The van der Waals surface area contributed by atoms with Gasteiger partial charge in [-0.1, -0.05) is 72.8 Å². The van der Waals surface area contributed by atoms with E-state index in [9.17, 15) is 5.11 Å². The number of phenolic OH excluding ortho intramolecular Hbond substituents is 1. The Hall–Kier alpha value is -4.71. The lowest BCUT2D eigenvalue weighted by molar-refractivity contribution is 0.474. The molecule has 4 aromatic carbocycles. The smallest absolute Gasteiger partial charge is 0.197 e. The van der Waals surface area contributed by atoms with Gasteiger partial charge in [-0.25, -0.2) is 9.97 Å². The SMILES string of the molecule is Oc1ccccc1/C=N/Nc1nc(-c2ccccc2)nc2c1oc1ccc3ccccc3c12. The van der Waals surface area contributed by atoms with Crippen molar-refractivity contribution in [2.45, 2.75) is 0 Å². The Bertz CT molecular complexity index is 1660. The van der Waals surface area contributed by atoms with E-state index < -0.39 is 0 Å². The molecule has 2 N–H and O–H groups in total. The number of hydrogen-bond acceptors (Lipinski definition) is 6. The molecule has 2 aromatic heterocycles. The van der Waals surface area contributed by atoms with Crippen LogP contribution in [0.4, 0.5) is 5.82 Å². The first-order chi connectivity index (χ1) is 16.3. The molecule has 0 saturated carbocycles. The van der Waals surface area contributed by atoms with E-state index in [0.717, 1.165) is 32.8 Å². The van der Waals surface area contributed by atoms with Gasteiger partial charge in [-0.2, -0.15) is 5.10 Å². The fraction of sp³-hybridized carbons (Fsp3) is 0. The highest BCUT2D eigenvalue weighted by Gasteiger charge is 2.18. The fourth-order valence-corrected chi connectivity index (χ4v) is 3.96. The molecule has 0 unspecified atom stereocenters. The number of fused-ring (bicyclic) bond motifs is 5. The average Bonchev–Trinajstić information content (AvgIpc) is 3.25. The molecule has 0 saturated heterocycles. The molecule has 6 rings (SSSR count). The summed E-state index contributed by atoms with van der Waals surface area (Å²) in [6, 6.07) is 28.9. The zero-order valence-corrected chi connectivity index (χ0v) is 17.4. The molecular formula is C27H18N4O2. The third-order valence-electron chi connectivity index (χ3n) is 5.55. The summed E-state index contributed by atoms with van der Waals surface area (Å²) in [5.41, 5.74) is 6.45. The van der Waals surface area contributed by atoms with Crippen LogP contribution < -0.4 is 5.43 Å². The molecule has 0 aliphatic carbocycles. The lowest BCUT2D eigenvalue weighted by atomic mass is 10.1. The third kappa shape index (κ3) is 3.34. The van der Waals surface area contributed by atoms with Crippen LogP contribution in [0.2, 0.25) is 0 Å². The Morgan fingerprint density at radius 3 is 2.48 bits per heavy atom. The summed E-state index contributed by atoms with van der Waals surface area (Å²) in [6.07, 6.45) is 1.55. The van der Waals surface area contributed by atoms with Gasteiger partial charge in [0.2, 0.25) is 0 Å². The number of aromatic nitrogens is 2. The van der Waals surface area contributed by atoms with Gasteiger partial charge in [-0.15, -0.1) is 0 Å². The topological polar surface area (TPSA) is 83.5 Å². The Morgan fingerprint density at radius 1 is 0.818 bits per heavy atom. The van der Waals surface area contributed by atoms with Crippen molar-refractivity contribution >= 4 is 44.9 Å². The van der Waals surface area contributed by atoms with Crippen LogP contribution in [0.3, 0.4) is 0 Å². The van der Waals surface area contributed by atoms with Crippen LogP contribution in [0.15, 0.2) is 101 Å². The van der Waals surface area contributed by atoms with Crippen LogP contribution in [0.1, 0.15) is 5.56 Å². The third-order valence-corrected chi connectivity index (χ3v) is 5.55. The van der Waals surface area contributed by atoms with E-state index >= 15 is 0 Å². The van der Waals surface area contributed by atoms with E-state index in [-0.39, 0.29) is 5.75 Å². The normalized spacial score (nSPS) is 11.6. The van der Waals surface area contributed by atoms with Crippen molar-refractivity contribution in [3.8, 4) is 17.1 Å². The van der Waals surface area contributed by atoms with Crippen LogP contribution in [0.25, 0.3) is 44.2 Å². The lowest BCUT2D eigenvalue weighted by Gasteiger charge is -2.05. The highest BCUT2D eigenvalue weighted by Crippen LogP contribution is 2.37. The highest BCUT2D eigenvalue weighted by atomic mass is 16.3. The molecule has 6 heteroatoms. The summed E-state index contributed by atoms with van der Waals surface area (Å²) in [4.78, 5) is 9.60. The summed E-state index contributed by atoms with van der Waals surface area (Å²) in [7, 11) is 0. The summed E-state index contributed by atoms with van der Waals surface area (Å²) in [6.45, 7) is 0. The first-order valence-electron chi connectivity index (χ1n) is 10.5. The minimum Gasteiger partial charge on any atom is -0.507 e. The van der Waals surface area contributed by atoms with Gasteiger partial charge in [-0.05, 0) is 29.0 Å². The van der Waals surface area contributed by atoms with E-state index in [2.05, 4.69) is 22.7 Å². The molecule has 2 heterocycles. The maximum atomic E-state index is 10.0. The fourth-order valence-electron chi connectivity index (χ4n) is 3.96. The molecular weight excluding hydrogens is 412 g/mol. The van der Waals surface area contributed by atoms with Crippen LogP contribution >= 0.6 is 0 Å². The van der Waals surface area contributed by atoms with E-state index in [0.29, 0.717) is 22.8 Å². The molecule has 0 aliphatic rings. The molecule has 0 radical (unpaired) electrons. The molecule has 6 nitrogen and oxygen atoms in total. The number of para-hydroxylation sites is 1. The summed E-state index contributed by atoms with van der Waals surface area (Å²) < 4.78 is 6.20. The second-order valence-electron chi connectivity index (χ2n) is 7.63. The molecule has 0 aliphatic heterocycles. The zero-order valence-electron chi connectivity index (χ0n) is 17.4. The van der Waals surface area contributed by atoms with Gasteiger partial charge in [0.15, 0.2) is 17.2 Å². The Labute approximate surface area is 188 Å². The zero-order chi connectivity index (χ0) is 22.2. The molecule has 0 atom stereocenters. The number of phenols is 1. The maximum Gasteiger partial charge on any atom is 0.197 e. The quantitative estimate of drug-likeness (QED) is 0.252. The van der Waals surface area contributed by atoms with E-state index in [4.69, 9.17) is 14.4 Å². The van der Waals surface area contributed by atoms with Gasteiger partial charge < -0.3 is 9.52 Å². The number of aromatic hydroxyl groups is 1. The second kappa shape index (κ2) is 7.76. The predicted octanol–water partition coefficient (Wildman–Crippen LogP) is 6.35. The van der Waals surface area contributed by atoms with Crippen LogP contribution in [-0.4, -0.2) is 21.3 Å². The number of rotatable bonds is 4. The average molecular weight is 430 g/mol. The van der Waals surface area contributed by atoms with Gasteiger partial charge in [0.25, 0.3) is 0 Å². The van der Waals surface area contributed by atoms with Gasteiger partial charge in [-0.3, -0.25) is 5.43 Å². The Morgan fingerprint density at radius 2 is 1.61 bits per heavy atom. The van der Waals surface area contributed by atoms with Crippen molar-refractivity contribution in [1.29, 1.82) is 0 Å². The summed E-state index contributed by atoms with van der Waals surface area (Å²) in [5.74, 6) is 1.17. The van der Waals surface area contributed by atoms with E-state index in [1.165, 1.54) is 0 Å². The molecule has 0 spiro atoms. The number of furan rings is 1. The van der Waals surface area contributed by atoms with Crippen molar-refractivity contribution in [1.82, 2.24) is 9.97 Å². The number of nitrogens with zero attached hydrogens (tertiary/aromatic N) is 3. The van der Waals surface area contributed by atoms with Gasteiger partial charge in [0, 0.05) is 11.1 Å². The number of hydrazone groups is 1. The van der Waals surface area contributed by atoms with Crippen LogP contribution in [-0.2, 0) is 0 Å². The van der Waals surface area contributed by atoms with Crippen molar-refractivity contribution in [2.75, 3.05) is 5.43 Å². The van der Waals surface area contributed by atoms with Crippen molar-refractivity contribution in [3.63, 3.8) is 0 Å². The number of benzene rings is 4. The molecule has 0 fully saturated rings. The highest BCUT2D eigenvalue weighted by molar-refractivity contribution is 6.18. The minimum atomic E-state index is 0.149. The second-order valence-corrected chi connectivity index (χ2v) is 7.63. The Balaban J connectivity index is 1.57. The summed E-state index contributed by atoms with van der Waals surface area (Å²) >= 11 is 0. The lowest BCUT2D eigenvalue weighted by Crippen LogP contribution is -1.98. The largest absolute Gasteiger partial charge is 0.507 e. The summed E-state index contributed by atoms with van der Waals surface area (Å²) in [5, 5.41) is 17.4. The van der Waals surface area contributed by atoms with Gasteiger partial charge in [0.1, 0.15) is 16.8 Å². The van der Waals surface area contributed by atoms with Crippen molar-refractivity contribution < 1.29 is 9.52 Å². The number of anilines is 1. The minimum absolute atomic E-state index is 0.149. The van der Waals surface area contributed by atoms with Gasteiger partial charge in [0.05, 0.1) is 11.6 Å². The maximum absolute atomic E-state index is 10.0. The molecule has 6 aromatic rings. The Kier molecular flexibility index (Phi) is 4.47. The molecule has 0 amide bonds. The van der Waals surface area contributed by atoms with E-state index in [1.54, 1.807) is 24.4 Å². The van der Waals surface area contributed by atoms with Crippen molar-refractivity contribution in [2.24, 2.45) is 5.10 Å². The first kappa shape index (κ1) is 19.0. The first-order valence-corrected chi connectivity index (χ1v) is 10.5. The monoisotopic (exact) mass is 430 g/mol. The standard InChI is InChI=1S/C27H18N4O2/c32-21-13-7-5-11-19(21)16-28-31-27-25-24(29-26(30-27)18-9-2-1-3-10-18)23-20-12-6-4-8-17(20)14-15-22(23)33-25/h1-16,32H,(H,29,30,31)/b28-16+. The molecule has 0 bridgehead atoms. The molecule has 33 heavy (non-hydrogen) atoms. The van der Waals surface area contributed by atoms with Crippen molar-refractivity contribution in [3.05, 3.63) is 96.6 Å². The number of hydrogen-bond donors (Lipinski definition) is 2. The van der Waals surface area contributed by atoms with Gasteiger partial charge >= 0.3 is 0 Å². The van der Waals surface area contributed by atoms with E-state index in [1.807, 2.05) is 60.7 Å².